The monoisotopic (exact) mass is 405 g/mol. The lowest BCUT2D eigenvalue weighted by atomic mass is 10.1. The number of rotatable bonds is 6. The highest BCUT2D eigenvalue weighted by Crippen LogP contribution is 2.19. The van der Waals surface area contributed by atoms with Gasteiger partial charge in [0.05, 0.1) is 4.88 Å². The molecule has 5 heteroatoms. The third kappa shape index (κ3) is 4.86. The van der Waals surface area contributed by atoms with E-state index in [4.69, 9.17) is 0 Å². The van der Waals surface area contributed by atoms with Crippen molar-refractivity contribution in [1.29, 1.82) is 0 Å². The van der Waals surface area contributed by atoms with Crippen molar-refractivity contribution in [2.75, 3.05) is 31.1 Å². The predicted molar refractivity (Wildman–Crippen MR) is 121 cm³/mol. The molecule has 3 aromatic rings. The van der Waals surface area contributed by atoms with Crippen molar-refractivity contribution in [3.8, 4) is 0 Å². The zero-order valence-corrected chi connectivity index (χ0v) is 17.6. The third-order valence-electron chi connectivity index (χ3n) is 5.51. The van der Waals surface area contributed by atoms with Crippen LogP contribution in [-0.4, -0.2) is 37.0 Å². The normalized spacial score (nSPS) is 14.7. The lowest BCUT2D eigenvalue weighted by Gasteiger charge is -2.36. The van der Waals surface area contributed by atoms with E-state index >= 15 is 0 Å². The molecule has 0 radical (unpaired) electrons. The Bertz CT molecular complexity index is 946. The number of carbonyl (C=O) groups is 1. The number of aryl methyl sites for hydroxylation is 1. The molecule has 1 aromatic heterocycles. The van der Waals surface area contributed by atoms with E-state index in [-0.39, 0.29) is 5.91 Å². The van der Waals surface area contributed by atoms with E-state index in [0.29, 0.717) is 6.54 Å². The van der Waals surface area contributed by atoms with Crippen LogP contribution in [0.2, 0.25) is 0 Å². The van der Waals surface area contributed by atoms with Crippen LogP contribution in [0.1, 0.15) is 26.4 Å². The van der Waals surface area contributed by atoms with Gasteiger partial charge in [-0.3, -0.25) is 9.69 Å². The second-order valence-corrected chi connectivity index (χ2v) is 8.40. The number of nitrogens with one attached hydrogen (secondary N) is 1. The first kappa shape index (κ1) is 19.7. The molecule has 0 spiro atoms. The van der Waals surface area contributed by atoms with Crippen LogP contribution in [0, 0.1) is 6.92 Å². The Balaban J connectivity index is 1.34. The van der Waals surface area contributed by atoms with Crippen LogP contribution < -0.4 is 10.2 Å². The van der Waals surface area contributed by atoms with Crippen LogP contribution in [0.5, 0.6) is 0 Å². The first-order valence-corrected chi connectivity index (χ1v) is 11.0. The fourth-order valence-corrected chi connectivity index (χ4v) is 4.63. The molecule has 1 N–H and O–H groups in total. The van der Waals surface area contributed by atoms with Gasteiger partial charge in [-0.15, -0.1) is 11.3 Å². The molecule has 150 valence electrons. The van der Waals surface area contributed by atoms with Gasteiger partial charge >= 0.3 is 0 Å². The molecule has 0 unspecified atom stereocenters. The van der Waals surface area contributed by atoms with Crippen molar-refractivity contribution in [1.82, 2.24) is 10.2 Å². The summed E-state index contributed by atoms with van der Waals surface area (Å²) in [4.78, 5) is 18.2. The quantitative estimate of drug-likeness (QED) is 0.664. The molecule has 1 amide bonds. The molecule has 4 nitrogen and oxygen atoms in total. The van der Waals surface area contributed by atoms with Crippen LogP contribution in [-0.2, 0) is 13.1 Å². The summed E-state index contributed by atoms with van der Waals surface area (Å²) in [6, 6.07) is 21.1. The van der Waals surface area contributed by atoms with Crippen molar-refractivity contribution in [3.63, 3.8) is 0 Å². The molecule has 2 aromatic carbocycles. The van der Waals surface area contributed by atoms with Gasteiger partial charge in [-0.05, 0) is 47.2 Å². The van der Waals surface area contributed by atoms with E-state index in [1.807, 2.05) is 18.4 Å². The van der Waals surface area contributed by atoms with E-state index < -0.39 is 0 Å². The van der Waals surface area contributed by atoms with Crippen molar-refractivity contribution >= 4 is 22.9 Å². The molecule has 2 heterocycles. The molecule has 0 atom stereocenters. The molecule has 0 bridgehead atoms. The molecule has 4 rings (SSSR count). The first-order chi connectivity index (χ1) is 14.2. The molecule has 1 fully saturated rings. The smallest absolute Gasteiger partial charge is 0.261 e. The fraction of sp³-hybridized carbons (Fsp3) is 0.292. The fourth-order valence-electron chi connectivity index (χ4n) is 3.79. The van der Waals surface area contributed by atoms with Gasteiger partial charge in [0, 0.05) is 45.0 Å². The number of hydrogen-bond acceptors (Lipinski definition) is 4. The average molecular weight is 406 g/mol. The van der Waals surface area contributed by atoms with Gasteiger partial charge in [0.15, 0.2) is 0 Å². The van der Waals surface area contributed by atoms with E-state index in [1.54, 1.807) is 0 Å². The van der Waals surface area contributed by atoms with Gasteiger partial charge < -0.3 is 10.2 Å². The Morgan fingerprint density at radius 1 is 0.931 bits per heavy atom. The van der Waals surface area contributed by atoms with Gasteiger partial charge in [-0.2, -0.15) is 0 Å². The van der Waals surface area contributed by atoms with Crippen LogP contribution in [0.25, 0.3) is 0 Å². The minimum atomic E-state index is 0.0174. The highest BCUT2D eigenvalue weighted by atomic mass is 32.1. The maximum absolute atomic E-state index is 12.5. The summed E-state index contributed by atoms with van der Waals surface area (Å²) in [5.74, 6) is 0.0174. The number of amides is 1. The Hall–Kier alpha value is -2.63. The third-order valence-corrected chi connectivity index (χ3v) is 6.53. The summed E-state index contributed by atoms with van der Waals surface area (Å²) in [5, 5.41) is 5.06. The van der Waals surface area contributed by atoms with Crippen molar-refractivity contribution in [2.45, 2.75) is 20.0 Å². The summed E-state index contributed by atoms with van der Waals surface area (Å²) in [6.07, 6.45) is 0. The zero-order valence-electron chi connectivity index (χ0n) is 16.8. The highest BCUT2D eigenvalue weighted by molar-refractivity contribution is 7.12. The number of piperazine rings is 1. The van der Waals surface area contributed by atoms with Crippen LogP contribution in [0.3, 0.4) is 0 Å². The molecule has 29 heavy (non-hydrogen) atoms. The van der Waals surface area contributed by atoms with Gasteiger partial charge in [0.25, 0.3) is 5.91 Å². The number of thiophene rings is 1. The second-order valence-electron chi connectivity index (χ2n) is 7.48. The van der Waals surface area contributed by atoms with E-state index in [2.05, 4.69) is 69.7 Å². The number of hydrogen-bond donors (Lipinski definition) is 1. The minimum Gasteiger partial charge on any atom is -0.369 e. The lowest BCUT2D eigenvalue weighted by Crippen LogP contribution is -2.46. The Labute approximate surface area is 176 Å². The van der Waals surface area contributed by atoms with Crippen LogP contribution >= 0.6 is 11.3 Å². The summed E-state index contributed by atoms with van der Waals surface area (Å²) in [6.45, 7) is 7.65. The standard InChI is InChI=1S/C24H27N3OS/c1-19-11-16-29-23(19)24(28)25-17-20-7-5-6-8-21(20)18-26-12-14-27(15-13-26)22-9-3-2-4-10-22/h2-11,16H,12-15,17-18H2,1H3,(H,25,28). The maximum atomic E-state index is 12.5. The van der Waals surface area contributed by atoms with Crippen molar-refractivity contribution in [2.24, 2.45) is 0 Å². The maximum Gasteiger partial charge on any atom is 0.261 e. The van der Waals surface area contributed by atoms with Crippen molar-refractivity contribution in [3.05, 3.63) is 87.6 Å². The Morgan fingerprint density at radius 2 is 1.62 bits per heavy atom. The second kappa shape index (κ2) is 9.25. The van der Waals surface area contributed by atoms with Gasteiger partial charge in [0.1, 0.15) is 0 Å². The first-order valence-electron chi connectivity index (χ1n) is 10.1. The Kier molecular flexibility index (Phi) is 6.27. The zero-order chi connectivity index (χ0) is 20.1. The topological polar surface area (TPSA) is 35.6 Å². The van der Waals surface area contributed by atoms with Gasteiger partial charge in [0.2, 0.25) is 0 Å². The minimum absolute atomic E-state index is 0.0174. The number of nitrogens with zero attached hydrogens (tertiary/aromatic N) is 2. The molecule has 1 saturated heterocycles. The molecule has 1 aliphatic rings. The predicted octanol–water partition coefficient (Wildman–Crippen LogP) is 4.31. The summed E-state index contributed by atoms with van der Waals surface area (Å²) in [7, 11) is 0. The molecule has 0 saturated carbocycles. The molecular weight excluding hydrogens is 378 g/mol. The van der Waals surface area contributed by atoms with Crippen molar-refractivity contribution < 1.29 is 4.79 Å². The highest BCUT2D eigenvalue weighted by Gasteiger charge is 2.18. The average Bonchev–Trinajstić information content (AvgIpc) is 3.20. The van der Waals surface area contributed by atoms with Crippen LogP contribution in [0.15, 0.2) is 66.0 Å². The molecule has 1 aliphatic heterocycles. The number of anilines is 1. The number of benzene rings is 2. The van der Waals surface area contributed by atoms with Gasteiger partial charge in [-0.25, -0.2) is 0 Å². The molecular formula is C24H27N3OS. The summed E-state index contributed by atoms with van der Waals surface area (Å²) in [5.41, 5.74) is 4.83. The van der Waals surface area contributed by atoms with E-state index in [0.717, 1.165) is 43.2 Å². The number of para-hydroxylation sites is 1. The Morgan fingerprint density at radius 3 is 2.31 bits per heavy atom. The summed E-state index contributed by atoms with van der Waals surface area (Å²) < 4.78 is 0. The number of carbonyl (C=O) groups excluding carboxylic acids is 1. The van der Waals surface area contributed by atoms with Crippen LogP contribution in [0.4, 0.5) is 5.69 Å². The summed E-state index contributed by atoms with van der Waals surface area (Å²) >= 11 is 1.50. The van der Waals surface area contributed by atoms with E-state index in [1.165, 1.54) is 28.2 Å². The molecule has 0 aliphatic carbocycles. The van der Waals surface area contributed by atoms with E-state index in [9.17, 15) is 4.79 Å². The largest absolute Gasteiger partial charge is 0.369 e. The van der Waals surface area contributed by atoms with Gasteiger partial charge in [-0.1, -0.05) is 42.5 Å². The lowest BCUT2D eigenvalue weighted by molar-refractivity contribution is 0.0954. The SMILES string of the molecule is Cc1ccsc1C(=O)NCc1ccccc1CN1CCN(c2ccccc2)CC1.